The number of aliphatic hydroxyl groups is 1. The van der Waals surface area contributed by atoms with E-state index in [-0.39, 0.29) is 0 Å². The molecule has 0 aromatic carbocycles. The van der Waals surface area contributed by atoms with Crippen LogP contribution >= 0.6 is 0 Å². The molecule has 96 valence electrons. The summed E-state index contributed by atoms with van der Waals surface area (Å²) in [6.07, 6.45) is 4.74. The van der Waals surface area contributed by atoms with E-state index in [1.165, 1.54) is 0 Å². The summed E-state index contributed by atoms with van der Waals surface area (Å²) in [5, 5.41) is 14.0. The van der Waals surface area contributed by atoms with Crippen LogP contribution in [-0.2, 0) is 6.54 Å². The molecule has 1 aliphatic heterocycles. The fourth-order valence-corrected chi connectivity index (χ4v) is 2.22. The average molecular weight is 238 g/mol. The molecule has 5 heteroatoms. The van der Waals surface area contributed by atoms with Gasteiger partial charge in [0.1, 0.15) is 5.82 Å². The molecule has 1 aliphatic rings. The summed E-state index contributed by atoms with van der Waals surface area (Å²) >= 11 is 0. The Morgan fingerprint density at radius 2 is 2.12 bits per heavy atom. The highest BCUT2D eigenvalue weighted by molar-refractivity contribution is 5.23. The monoisotopic (exact) mass is 238 g/mol. The Morgan fingerprint density at radius 3 is 2.71 bits per heavy atom. The highest BCUT2D eigenvalue weighted by atomic mass is 16.3. The first kappa shape index (κ1) is 12.4. The molecule has 5 nitrogen and oxygen atoms in total. The van der Waals surface area contributed by atoms with Crippen molar-refractivity contribution in [2.24, 2.45) is 0 Å². The predicted octanol–water partition coefficient (Wildman–Crippen LogP) is 0.702. The molecule has 0 unspecified atom stereocenters. The van der Waals surface area contributed by atoms with Crippen LogP contribution in [0.4, 0.5) is 5.82 Å². The van der Waals surface area contributed by atoms with Crippen molar-refractivity contribution >= 4 is 5.82 Å². The third kappa shape index (κ3) is 3.71. The Labute approximate surface area is 102 Å². The van der Waals surface area contributed by atoms with Gasteiger partial charge in [0.15, 0.2) is 0 Å². The normalized spacial score (nSPS) is 20.6. The van der Waals surface area contributed by atoms with Crippen LogP contribution < -0.4 is 5.73 Å². The molecule has 0 saturated carbocycles. The van der Waals surface area contributed by atoms with Gasteiger partial charge >= 0.3 is 0 Å². The molecule has 1 aromatic rings. The van der Waals surface area contributed by atoms with Crippen molar-refractivity contribution in [3.8, 4) is 0 Å². The summed E-state index contributed by atoms with van der Waals surface area (Å²) in [6, 6.07) is 1.82. The number of likely N-dealkylation sites (tertiary alicyclic amines) is 1. The predicted molar refractivity (Wildman–Crippen MR) is 67.6 cm³/mol. The van der Waals surface area contributed by atoms with Crippen LogP contribution in [0.1, 0.15) is 26.2 Å². The Morgan fingerprint density at radius 1 is 1.41 bits per heavy atom. The van der Waals surface area contributed by atoms with Crippen LogP contribution in [0.5, 0.6) is 0 Å². The number of nitrogens with two attached hydrogens (primary N) is 1. The van der Waals surface area contributed by atoms with E-state index in [2.05, 4.69) is 10.00 Å². The minimum absolute atomic E-state index is 0.451. The zero-order valence-electron chi connectivity index (χ0n) is 10.5. The number of piperidine rings is 1. The number of anilines is 1. The number of hydrogen-bond acceptors (Lipinski definition) is 4. The number of nitrogen functional groups attached to an aromatic ring is 1. The number of nitrogens with zero attached hydrogens (tertiary/aromatic N) is 3. The lowest BCUT2D eigenvalue weighted by atomic mass is 9.94. The fourth-order valence-electron chi connectivity index (χ4n) is 2.22. The largest absolute Gasteiger partial charge is 0.390 e. The van der Waals surface area contributed by atoms with Gasteiger partial charge in [-0.3, -0.25) is 4.68 Å². The van der Waals surface area contributed by atoms with Gasteiger partial charge in [-0.05, 0) is 38.8 Å². The van der Waals surface area contributed by atoms with Crippen LogP contribution in [0.15, 0.2) is 12.3 Å². The topological polar surface area (TPSA) is 67.3 Å². The van der Waals surface area contributed by atoms with Crippen molar-refractivity contribution < 1.29 is 5.11 Å². The molecule has 2 heterocycles. The van der Waals surface area contributed by atoms with E-state index < -0.39 is 5.60 Å². The van der Waals surface area contributed by atoms with Gasteiger partial charge in [-0.1, -0.05) is 0 Å². The van der Waals surface area contributed by atoms with Crippen LogP contribution in [0.2, 0.25) is 0 Å². The van der Waals surface area contributed by atoms with E-state index in [1.807, 2.05) is 23.9 Å². The second-order valence-electron chi connectivity index (χ2n) is 5.20. The number of aryl methyl sites for hydroxylation is 1. The quantitative estimate of drug-likeness (QED) is 0.810. The summed E-state index contributed by atoms with van der Waals surface area (Å²) in [6.45, 7) is 5.89. The van der Waals surface area contributed by atoms with Crippen molar-refractivity contribution in [1.82, 2.24) is 14.7 Å². The molecule has 3 N–H and O–H groups in total. The van der Waals surface area contributed by atoms with Gasteiger partial charge in [0.25, 0.3) is 0 Å². The summed E-state index contributed by atoms with van der Waals surface area (Å²) in [5.74, 6) is 0.582. The van der Waals surface area contributed by atoms with Gasteiger partial charge in [0.05, 0.1) is 5.60 Å². The lowest BCUT2D eigenvalue weighted by molar-refractivity contribution is -0.00568. The summed E-state index contributed by atoms with van der Waals surface area (Å²) in [5.41, 5.74) is 5.10. The van der Waals surface area contributed by atoms with Crippen molar-refractivity contribution in [3.05, 3.63) is 12.3 Å². The number of hydrogen-bond donors (Lipinski definition) is 2. The molecule has 1 saturated heterocycles. The molecular weight excluding hydrogens is 216 g/mol. The first-order valence-corrected chi connectivity index (χ1v) is 6.29. The Kier molecular flexibility index (Phi) is 3.69. The van der Waals surface area contributed by atoms with Crippen LogP contribution in [-0.4, -0.2) is 45.0 Å². The molecule has 0 spiro atoms. The minimum Gasteiger partial charge on any atom is -0.390 e. The number of rotatable bonds is 4. The van der Waals surface area contributed by atoms with Gasteiger partial charge in [-0.25, -0.2) is 0 Å². The molecular formula is C12H22N4O. The van der Waals surface area contributed by atoms with Gasteiger partial charge in [-0.2, -0.15) is 5.10 Å². The Bertz CT molecular complexity index is 351. The summed E-state index contributed by atoms with van der Waals surface area (Å²) in [7, 11) is 0. The molecule has 0 atom stereocenters. The van der Waals surface area contributed by atoms with Crippen LogP contribution in [0.25, 0.3) is 0 Å². The summed E-state index contributed by atoms with van der Waals surface area (Å²) in [4.78, 5) is 2.41. The Hall–Kier alpha value is -1.07. The zero-order chi connectivity index (χ0) is 12.3. The molecule has 0 amide bonds. The SMILES string of the molecule is CC1(O)CCN(CCCn2ccc(N)n2)CC1. The third-order valence-electron chi connectivity index (χ3n) is 3.46. The second-order valence-corrected chi connectivity index (χ2v) is 5.20. The van der Waals surface area contributed by atoms with Gasteiger partial charge < -0.3 is 15.7 Å². The smallest absolute Gasteiger partial charge is 0.145 e. The van der Waals surface area contributed by atoms with Crippen molar-refractivity contribution in [1.29, 1.82) is 0 Å². The summed E-state index contributed by atoms with van der Waals surface area (Å²) < 4.78 is 1.88. The lowest BCUT2D eigenvalue weighted by Gasteiger charge is -2.35. The Balaban J connectivity index is 1.66. The highest BCUT2D eigenvalue weighted by Gasteiger charge is 2.26. The van der Waals surface area contributed by atoms with E-state index in [9.17, 15) is 5.11 Å². The van der Waals surface area contributed by atoms with Gasteiger partial charge in [0, 0.05) is 25.8 Å². The molecule has 1 fully saturated rings. The molecule has 0 radical (unpaired) electrons. The van der Waals surface area contributed by atoms with E-state index in [0.717, 1.165) is 45.4 Å². The van der Waals surface area contributed by atoms with Crippen molar-refractivity contribution in [2.75, 3.05) is 25.4 Å². The minimum atomic E-state index is -0.451. The maximum atomic E-state index is 9.84. The lowest BCUT2D eigenvalue weighted by Crippen LogP contribution is -2.42. The van der Waals surface area contributed by atoms with Crippen molar-refractivity contribution in [2.45, 2.75) is 38.3 Å². The van der Waals surface area contributed by atoms with Crippen molar-refractivity contribution in [3.63, 3.8) is 0 Å². The number of aromatic nitrogens is 2. The van der Waals surface area contributed by atoms with E-state index in [0.29, 0.717) is 5.82 Å². The zero-order valence-corrected chi connectivity index (χ0v) is 10.5. The molecule has 1 aromatic heterocycles. The maximum absolute atomic E-state index is 9.84. The van der Waals surface area contributed by atoms with Gasteiger partial charge in [-0.15, -0.1) is 0 Å². The third-order valence-corrected chi connectivity index (χ3v) is 3.46. The standard InChI is InChI=1S/C12H22N4O/c1-12(17)4-9-15(10-5-12)6-2-7-16-8-3-11(13)14-16/h3,8,17H,2,4-7,9-10H2,1H3,(H2,13,14). The molecule has 0 bridgehead atoms. The molecule has 2 rings (SSSR count). The first-order chi connectivity index (χ1) is 8.05. The van der Waals surface area contributed by atoms with Crippen LogP contribution in [0.3, 0.4) is 0 Å². The average Bonchev–Trinajstić information content (AvgIpc) is 2.67. The van der Waals surface area contributed by atoms with E-state index in [4.69, 9.17) is 5.73 Å². The fraction of sp³-hybridized carbons (Fsp3) is 0.750. The molecule has 17 heavy (non-hydrogen) atoms. The van der Waals surface area contributed by atoms with Crippen LogP contribution in [0, 0.1) is 0 Å². The van der Waals surface area contributed by atoms with Gasteiger partial charge in [0.2, 0.25) is 0 Å². The molecule has 0 aliphatic carbocycles. The first-order valence-electron chi connectivity index (χ1n) is 6.29. The second kappa shape index (κ2) is 5.06. The maximum Gasteiger partial charge on any atom is 0.145 e. The van der Waals surface area contributed by atoms with E-state index in [1.54, 1.807) is 0 Å². The highest BCUT2D eigenvalue weighted by Crippen LogP contribution is 2.20. The van der Waals surface area contributed by atoms with E-state index >= 15 is 0 Å².